The Morgan fingerprint density at radius 3 is 2.80 bits per heavy atom. The SMILES string of the molecule is N#CCCN1CCN(C(=O)CCCC[C@@H]2SC[C@@H]3NC(=O)N[C@@H]32)CC1. The Labute approximate surface area is 153 Å². The summed E-state index contributed by atoms with van der Waals surface area (Å²) in [6, 6.07) is 2.67. The van der Waals surface area contributed by atoms with E-state index in [4.69, 9.17) is 5.26 Å². The van der Waals surface area contributed by atoms with Gasteiger partial charge in [-0.15, -0.1) is 0 Å². The number of thioether (sulfide) groups is 1. The number of nitriles is 1. The van der Waals surface area contributed by atoms with Gasteiger partial charge in [0.15, 0.2) is 0 Å². The molecule has 3 amide bonds. The summed E-state index contributed by atoms with van der Waals surface area (Å²) in [7, 11) is 0. The van der Waals surface area contributed by atoms with E-state index in [0.717, 1.165) is 57.7 Å². The van der Waals surface area contributed by atoms with E-state index in [0.29, 0.717) is 18.1 Å². The van der Waals surface area contributed by atoms with Crippen LogP contribution in [0.1, 0.15) is 32.1 Å². The lowest BCUT2D eigenvalue weighted by Crippen LogP contribution is -2.48. The molecule has 0 bridgehead atoms. The van der Waals surface area contributed by atoms with Crippen LogP contribution in [0.5, 0.6) is 0 Å². The average molecular weight is 366 g/mol. The van der Waals surface area contributed by atoms with Gasteiger partial charge in [-0.2, -0.15) is 17.0 Å². The van der Waals surface area contributed by atoms with Crippen LogP contribution in [-0.4, -0.2) is 77.5 Å². The number of hydrogen-bond acceptors (Lipinski definition) is 5. The van der Waals surface area contributed by atoms with Crippen LogP contribution in [0.15, 0.2) is 0 Å². The van der Waals surface area contributed by atoms with Crippen molar-refractivity contribution in [3.63, 3.8) is 0 Å². The van der Waals surface area contributed by atoms with E-state index in [9.17, 15) is 9.59 Å². The molecule has 2 N–H and O–H groups in total. The molecule has 138 valence electrons. The highest BCUT2D eigenvalue weighted by atomic mass is 32.2. The minimum Gasteiger partial charge on any atom is -0.340 e. The van der Waals surface area contributed by atoms with Crippen molar-refractivity contribution in [1.82, 2.24) is 20.4 Å². The maximum Gasteiger partial charge on any atom is 0.315 e. The molecule has 8 heteroatoms. The van der Waals surface area contributed by atoms with Crippen LogP contribution in [0.2, 0.25) is 0 Å². The van der Waals surface area contributed by atoms with Gasteiger partial charge in [0.1, 0.15) is 0 Å². The Hall–Kier alpha value is -1.46. The van der Waals surface area contributed by atoms with Crippen molar-refractivity contribution in [1.29, 1.82) is 5.26 Å². The summed E-state index contributed by atoms with van der Waals surface area (Å²) >= 11 is 1.93. The van der Waals surface area contributed by atoms with Crippen LogP contribution in [-0.2, 0) is 4.79 Å². The quantitative estimate of drug-likeness (QED) is 0.514. The zero-order valence-electron chi connectivity index (χ0n) is 14.6. The summed E-state index contributed by atoms with van der Waals surface area (Å²) in [4.78, 5) is 27.9. The zero-order valence-corrected chi connectivity index (χ0v) is 15.4. The van der Waals surface area contributed by atoms with Crippen molar-refractivity contribution in [3.8, 4) is 6.07 Å². The highest BCUT2D eigenvalue weighted by Gasteiger charge is 2.42. The number of amides is 3. The van der Waals surface area contributed by atoms with Gasteiger partial charge in [0.05, 0.1) is 18.2 Å². The molecule has 3 heterocycles. The fourth-order valence-corrected chi connectivity index (χ4v) is 5.40. The minimum absolute atomic E-state index is 0.0376. The molecule has 0 spiro atoms. The molecule has 0 aromatic carbocycles. The van der Waals surface area contributed by atoms with Crippen LogP contribution in [0.3, 0.4) is 0 Å². The first-order chi connectivity index (χ1) is 12.2. The highest BCUT2D eigenvalue weighted by molar-refractivity contribution is 8.00. The molecule has 3 aliphatic heterocycles. The van der Waals surface area contributed by atoms with E-state index in [2.05, 4.69) is 21.6 Å². The first-order valence-electron chi connectivity index (χ1n) is 9.23. The topological polar surface area (TPSA) is 88.5 Å². The van der Waals surface area contributed by atoms with E-state index >= 15 is 0 Å². The number of urea groups is 1. The smallest absolute Gasteiger partial charge is 0.315 e. The number of carbonyl (C=O) groups excluding carboxylic acids is 2. The lowest BCUT2D eigenvalue weighted by Gasteiger charge is -2.34. The molecule has 0 aliphatic carbocycles. The van der Waals surface area contributed by atoms with Gasteiger partial charge in [-0.25, -0.2) is 4.79 Å². The van der Waals surface area contributed by atoms with Crippen LogP contribution in [0, 0.1) is 11.3 Å². The Bertz CT molecular complexity index is 530. The minimum atomic E-state index is -0.0376. The van der Waals surface area contributed by atoms with Crippen molar-refractivity contribution in [3.05, 3.63) is 0 Å². The third-order valence-corrected chi connectivity index (χ3v) is 6.84. The maximum atomic E-state index is 12.3. The highest BCUT2D eigenvalue weighted by Crippen LogP contribution is 2.33. The number of nitrogens with zero attached hydrogens (tertiary/aromatic N) is 3. The van der Waals surface area contributed by atoms with Crippen LogP contribution >= 0.6 is 11.8 Å². The lowest BCUT2D eigenvalue weighted by molar-refractivity contribution is -0.133. The average Bonchev–Trinajstić information content (AvgIpc) is 3.16. The summed E-state index contributed by atoms with van der Waals surface area (Å²) in [5.74, 6) is 1.25. The fraction of sp³-hybridized carbons (Fsp3) is 0.824. The van der Waals surface area contributed by atoms with Gasteiger partial charge in [-0.05, 0) is 12.8 Å². The second kappa shape index (κ2) is 8.77. The molecule has 3 aliphatic rings. The van der Waals surface area contributed by atoms with E-state index in [1.807, 2.05) is 16.7 Å². The van der Waals surface area contributed by atoms with Gasteiger partial charge in [0.25, 0.3) is 0 Å². The monoisotopic (exact) mass is 365 g/mol. The van der Waals surface area contributed by atoms with E-state index in [1.54, 1.807) is 0 Å². The van der Waals surface area contributed by atoms with Crippen molar-refractivity contribution in [2.45, 2.75) is 49.4 Å². The summed E-state index contributed by atoms with van der Waals surface area (Å²) < 4.78 is 0. The molecule has 0 saturated carbocycles. The van der Waals surface area contributed by atoms with Crippen LogP contribution < -0.4 is 10.6 Å². The number of fused-ring (bicyclic) bond motifs is 1. The van der Waals surface area contributed by atoms with Crippen molar-refractivity contribution in [2.75, 3.05) is 38.5 Å². The first kappa shape index (κ1) is 18.3. The van der Waals surface area contributed by atoms with Gasteiger partial charge < -0.3 is 15.5 Å². The Morgan fingerprint density at radius 1 is 1.24 bits per heavy atom. The van der Waals surface area contributed by atoms with Gasteiger partial charge in [0.2, 0.25) is 5.91 Å². The third kappa shape index (κ3) is 4.79. The molecular weight excluding hydrogens is 338 g/mol. The molecule has 25 heavy (non-hydrogen) atoms. The van der Waals surface area contributed by atoms with E-state index < -0.39 is 0 Å². The Kier molecular flexibility index (Phi) is 6.43. The number of hydrogen-bond donors (Lipinski definition) is 2. The zero-order chi connectivity index (χ0) is 17.6. The predicted octanol–water partition coefficient (Wildman–Crippen LogP) is 0.770. The molecule has 0 radical (unpaired) electrons. The molecule has 3 saturated heterocycles. The van der Waals surface area contributed by atoms with E-state index in [-0.39, 0.29) is 24.0 Å². The Morgan fingerprint density at radius 2 is 2.04 bits per heavy atom. The number of carbonyl (C=O) groups is 2. The lowest BCUT2D eigenvalue weighted by atomic mass is 10.0. The summed E-state index contributed by atoms with van der Waals surface area (Å²) in [6.45, 7) is 4.13. The van der Waals surface area contributed by atoms with Crippen molar-refractivity contribution in [2.24, 2.45) is 0 Å². The summed E-state index contributed by atoms with van der Waals surface area (Å²) in [5.41, 5.74) is 0. The van der Waals surface area contributed by atoms with Crippen molar-refractivity contribution >= 4 is 23.7 Å². The standard InChI is InChI=1S/C17H27N5O2S/c18-6-3-7-21-8-10-22(11-9-21)15(23)5-2-1-4-14-16-13(12-25-14)19-17(24)20-16/h13-14,16H,1-5,7-12H2,(H2,19,20,24)/t13-,14-,16-/m0/s1. The first-order valence-corrected chi connectivity index (χ1v) is 10.3. The number of nitrogens with one attached hydrogen (secondary N) is 2. The van der Waals surface area contributed by atoms with Crippen LogP contribution in [0.25, 0.3) is 0 Å². The number of unbranched alkanes of at least 4 members (excludes halogenated alkanes) is 1. The second-order valence-corrected chi connectivity index (χ2v) is 8.27. The maximum absolute atomic E-state index is 12.3. The largest absolute Gasteiger partial charge is 0.340 e. The third-order valence-electron chi connectivity index (χ3n) is 5.33. The number of piperazine rings is 1. The molecule has 7 nitrogen and oxygen atoms in total. The number of rotatable bonds is 7. The van der Waals surface area contributed by atoms with Gasteiger partial charge in [-0.3, -0.25) is 9.69 Å². The summed E-state index contributed by atoms with van der Waals surface area (Å²) in [6.07, 6.45) is 4.19. The van der Waals surface area contributed by atoms with Gasteiger partial charge in [0, 0.05) is 56.6 Å². The normalized spacial score (nSPS) is 29.0. The van der Waals surface area contributed by atoms with Gasteiger partial charge >= 0.3 is 6.03 Å². The molecule has 3 fully saturated rings. The molecule has 0 aromatic heterocycles. The van der Waals surface area contributed by atoms with Gasteiger partial charge in [-0.1, -0.05) is 6.42 Å². The molecule has 3 atom stereocenters. The second-order valence-electron chi connectivity index (χ2n) is 7.00. The summed E-state index contributed by atoms with van der Waals surface area (Å²) in [5, 5.41) is 15.1. The molecule has 3 rings (SSSR count). The van der Waals surface area contributed by atoms with E-state index in [1.165, 1.54) is 0 Å². The Balaban J connectivity index is 1.29. The van der Waals surface area contributed by atoms with Crippen LogP contribution in [0.4, 0.5) is 4.79 Å². The molecular formula is C17H27N5O2S. The van der Waals surface area contributed by atoms with Crippen molar-refractivity contribution < 1.29 is 9.59 Å². The molecule has 0 aromatic rings. The molecule has 0 unspecified atom stereocenters. The predicted molar refractivity (Wildman–Crippen MR) is 97.2 cm³/mol. The fourth-order valence-electron chi connectivity index (χ4n) is 3.85.